The second kappa shape index (κ2) is 17.0. The van der Waals surface area contributed by atoms with E-state index in [1.54, 1.807) is 0 Å². The molecule has 0 saturated carbocycles. The first-order valence-corrected chi connectivity index (χ1v) is 20.8. The second-order valence-electron chi connectivity index (χ2n) is 16.0. The fourth-order valence-electron chi connectivity index (χ4n) is 8.22. The number of hydrogen-bond acceptors (Lipinski definition) is 20. The van der Waals surface area contributed by atoms with Gasteiger partial charge in [-0.15, -0.1) is 0 Å². The van der Waals surface area contributed by atoms with Crippen LogP contribution in [-0.4, -0.2) is 100 Å². The van der Waals surface area contributed by atoms with Crippen molar-refractivity contribution in [3.63, 3.8) is 0 Å². The Balaban J connectivity index is 0.000000178. The number of carboxylic acids is 2. The lowest BCUT2D eigenvalue weighted by Crippen LogP contribution is -2.70. The molecule has 10 rings (SSSR count). The number of methoxy groups -OCH3 is 2. The zero-order chi connectivity index (χ0) is 51.7. The van der Waals surface area contributed by atoms with Gasteiger partial charge in [-0.1, -0.05) is 12.1 Å². The Morgan fingerprint density at radius 2 is 0.833 bits per heavy atom. The van der Waals surface area contributed by atoms with Gasteiger partial charge in [-0.05, 0) is 83.9 Å². The lowest BCUT2D eigenvalue weighted by Gasteiger charge is -2.50. The van der Waals surface area contributed by atoms with E-state index in [0.29, 0.717) is 11.1 Å². The fraction of sp³-hybridized carbons (Fsp3) is 0.120. The number of phenolic OH excluding ortho intramolecular Hbond substituents is 6. The summed E-state index contributed by atoms with van der Waals surface area (Å²) in [5.41, 5.74) is -0.211. The van der Waals surface area contributed by atoms with E-state index in [1.165, 1.54) is 99.2 Å². The average molecular weight is 989 g/mol. The maximum Gasteiger partial charge on any atom is 0.357 e. The molecule has 0 amide bonds. The smallest absolute Gasteiger partial charge is 0.357 e. The third kappa shape index (κ3) is 7.46. The van der Waals surface area contributed by atoms with Crippen LogP contribution in [0.3, 0.4) is 0 Å². The van der Waals surface area contributed by atoms with Crippen molar-refractivity contribution >= 4 is 35.7 Å². The quantitative estimate of drug-likeness (QED) is 0.0897. The van der Waals surface area contributed by atoms with Gasteiger partial charge >= 0.3 is 35.1 Å². The molecule has 6 aromatic rings. The minimum Gasteiger partial charge on any atom is -0.508 e. The molecule has 368 valence electrons. The van der Waals surface area contributed by atoms with E-state index in [9.17, 15) is 60.0 Å². The molecule has 4 heterocycles. The number of ketones is 2. The molecule has 4 aliphatic rings. The van der Waals surface area contributed by atoms with E-state index >= 15 is 0 Å². The Morgan fingerprint density at radius 3 is 1.25 bits per heavy atom. The number of rotatable bonds is 8. The van der Waals surface area contributed by atoms with Crippen LogP contribution in [0.25, 0.3) is 12.2 Å². The molecule has 0 spiro atoms. The first-order chi connectivity index (χ1) is 34.1. The van der Waals surface area contributed by atoms with Gasteiger partial charge in [0.2, 0.25) is 0 Å². The SMILES string of the molecule is COc1cc(C23Oc4cc(/C=C/C(=O)O)ccc4OC2(O)C(=O)c2c(O)cc(O)cc2O3)ccc1O.COc1cc(C23Oc4ccc(/C=C/C(=O)O)cc4OC2(O)C(=O)c2c(O)cc(O)cc2O3)ccc1O. The highest BCUT2D eigenvalue weighted by molar-refractivity contribution is 6.09. The largest absolute Gasteiger partial charge is 0.508 e. The van der Waals surface area contributed by atoms with Gasteiger partial charge in [0.1, 0.15) is 45.6 Å². The first kappa shape index (κ1) is 47.3. The second-order valence-corrected chi connectivity index (χ2v) is 16.0. The van der Waals surface area contributed by atoms with Gasteiger partial charge < -0.3 is 89.0 Å². The van der Waals surface area contributed by atoms with Crippen LogP contribution in [-0.2, 0) is 21.2 Å². The molecule has 22 nitrogen and oxygen atoms in total. The zero-order valence-electron chi connectivity index (χ0n) is 36.9. The minimum atomic E-state index is -2.93. The number of phenols is 6. The van der Waals surface area contributed by atoms with Gasteiger partial charge in [-0.3, -0.25) is 9.59 Å². The van der Waals surface area contributed by atoms with Gasteiger partial charge in [0.05, 0.1) is 14.2 Å². The number of aromatic hydroxyl groups is 6. The molecular formula is C50H36O22. The van der Waals surface area contributed by atoms with E-state index in [2.05, 4.69) is 0 Å². The van der Waals surface area contributed by atoms with Crippen LogP contribution < -0.4 is 37.9 Å². The molecule has 4 unspecified atom stereocenters. The van der Waals surface area contributed by atoms with Crippen LogP contribution in [0.2, 0.25) is 0 Å². The summed E-state index contributed by atoms with van der Waals surface area (Å²) >= 11 is 0. The van der Waals surface area contributed by atoms with Gasteiger partial charge in [0, 0.05) is 47.5 Å². The van der Waals surface area contributed by atoms with Crippen molar-refractivity contribution in [3.05, 3.63) is 143 Å². The minimum absolute atomic E-state index is 0.0121. The van der Waals surface area contributed by atoms with Crippen LogP contribution >= 0.6 is 0 Å². The normalized spacial score (nSPS) is 21.9. The summed E-state index contributed by atoms with van der Waals surface area (Å²) in [7, 11) is 2.58. The van der Waals surface area contributed by atoms with Crippen molar-refractivity contribution in [3.8, 4) is 80.5 Å². The van der Waals surface area contributed by atoms with Crippen LogP contribution in [0.4, 0.5) is 0 Å². The summed E-state index contributed by atoms with van der Waals surface area (Å²) in [5, 5.41) is 102. The highest BCUT2D eigenvalue weighted by atomic mass is 16.8. The molecule has 0 aliphatic carbocycles. The summed E-state index contributed by atoms with van der Waals surface area (Å²) < 4.78 is 46.0. The third-order valence-corrected chi connectivity index (χ3v) is 11.5. The zero-order valence-corrected chi connectivity index (χ0v) is 36.9. The van der Waals surface area contributed by atoms with E-state index in [4.69, 9.17) is 48.1 Å². The topological polar surface area (TPSA) is 344 Å². The molecule has 22 heteroatoms. The van der Waals surface area contributed by atoms with E-state index in [0.717, 1.165) is 36.4 Å². The van der Waals surface area contributed by atoms with Crippen LogP contribution in [0.5, 0.6) is 80.5 Å². The molecule has 0 saturated heterocycles. The van der Waals surface area contributed by atoms with E-state index in [1.807, 2.05) is 0 Å². The fourth-order valence-corrected chi connectivity index (χ4v) is 8.22. The molecular weight excluding hydrogens is 953 g/mol. The number of aliphatic carboxylic acids is 2. The molecule has 4 aliphatic heterocycles. The number of hydrogen-bond donors (Lipinski definition) is 10. The Kier molecular flexibility index (Phi) is 11.2. The molecule has 0 aromatic heterocycles. The third-order valence-electron chi connectivity index (χ3n) is 11.5. The number of ether oxygens (including phenoxy) is 8. The van der Waals surface area contributed by atoms with Crippen molar-refractivity contribution in [2.24, 2.45) is 0 Å². The first-order valence-electron chi connectivity index (χ1n) is 20.8. The lowest BCUT2D eigenvalue weighted by atomic mass is 9.85. The summed E-state index contributed by atoms with van der Waals surface area (Å²) in [6.45, 7) is 0. The standard InChI is InChI=1S/2C25H18O11/c1-33-18-9-13(4-5-15(18)27)25-24(32,23(31)22-16(28)10-14(26)11-20(22)36-25)34-19-8-12(3-7-21(29)30)2-6-17(19)35-25;1-33-18-9-13(4-5-15(18)27)25-24(32,23(31)22-16(28)10-14(26)11-20(22)36-25)34-17-6-2-12(3-7-21(29)30)8-19(17)35-25/h2*2-11,26-28,32H,1H3,(H,29,30)/b2*7-3+. The highest BCUT2D eigenvalue weighted by Gasteiger charge is 2.72. The molecule has 72 heavy (non-hydrogen) atoms. The molecule has 0 fully saturated rings. The van der Waals surface area contributed by atoms with Crippen LogP contribution in [0.1, 0.15) is 43.0 Å². The number of carbonyl (C=O) groups is 4. The summed E-state index contributed by atoms with van der Waals surface area (Å²) in [4.78, 5) is 49.1. The van der Waals surface area contributed by atoms with Crippen molar-refractivity contribution in [2.75, 3.05) is 14.2 Å². The number of benzene rings is 6. The van der Waals surface area contributed by atoms with Gasteiger partial charge in [-0.2, -0.15) is 0 Å². The predicted molar refractivity (Wildman–Crippen MR) is 241 cm³/mol. The Hall–Kier alpha value is -9.80. The number of aliphatic hydroxyl groups is 2. The van der Waals surface area contributed by atoms with Crippen molar-refractivity contribution in [1.29, 1.82) is 0 Å². The van der Waals surface area contributed by atoms with Gasteiger partial charge in [0.15, 0.2) is 46.0 Å². The van der Waals surface area contributed by atoms with E-state index in [-0.39, 0.29) is 68.6 Å². The van der Waals surface area contributed by atoms with Crippen LogP contribution in [0.15, 0.2) is 109 Å². The summed E-state index contributed by atoms with van der Waals surface area (Å²) in [6.07, 6.45) is 4.36. The molecule has 0 bridgehead atoms. The van der Waals surface area contributed by atoms with Crippen LogP contribution in [0, 0.1) is 0 Å². The maximum atomic E-state index is 13.7. The number of Topliss-reactive ketones (excluding diaryl/α,β-unsaturated/α-hetero) is 2. The molecule has 10 N–H and O–H groups in total. The van der Waals surface area contributed by atoms with Crippen molar-refractivity contribution in [1.82, 2.24) is 0 Å². The molecule has 4 atom stereocenters. The number of carbonyl (C=O) groups excluding carboxylic acids is 2. The van der Waals surface area contributed by atoms with Gasteiger partial charge in [0.25, 0.3) is 11.6 Å². The summed E-state index contributed by atoms with van der Waals surface area (Å²) in [6, 6.07) is 20.0. The van der Waals surface area contributed by atoms with Crippen molar-refractivity contribution in [2.45, 2.75) is 23.1 Å². The summed E-state index contributed by atoms with van der Waals surface area (Å²) in [5.74, 6) is -19.0. The monoisotopic (exact) mass is 988 g/mol. The molecule has 6 aromatic carbocycles. The predicted octanol–water partition coefficient (Wildman–Crippen LogP) is 5.00. The Bertz CT molecular complexity index is 3360. The van der Waals surface area contributed by atoms with E-state index < -0.39 is 80.8 Å². The Morgan fingerprint density at radius 1 is 0.458 bits per heavy atom. The lowest BCUT2D eigenvalue weighted by molar-refractivity contribution is -0.316. The number of fused-ring (bicyclic) bond motifs is 6. The Labute approximate surface area is 403 Å². The number of carboxylic acid groups (broad SMARTS) is 2. The van der Waals surface area contributed by atoms with Crippen molar-refractivity contribution < 1.29 is 108 Å². The average Bonchev–Trinajstić information content (AvgIpc) is 3.32. The van der Waals surface area contributed by atoms with Gasteiger partial charge in [-0.25, -0.2) is 9.59 Å². The molecule has 0 radical (unpaired) electrons. The maximum absolute atomic E-state index is 13.7. The highest BCUT2D eigenvalue weighted by Crippen LogP contribution is 2.58.